The highest BCUT2D eigenvalue weighted by Crippen LogP contribution is 2.38. The van der Waals surface area contributed by atoms with Crippen molar-refractivity contribution < 1.29 is 37.4 Å². The van der Waals surface area contributed by atoms with Crippen molar-refractivity contribution in [3.63, 3.8) is 0 Å². The minimum Gasteiger partial charge on any atom is -0.443 e. The Hall–Kier alpha value is -15.4. The minimum atomic E-state index is -2.52. The Morgan fingerprint density at radius 3 is 1.04 bits per heavy atom. The highest BCUT2D eigenvalue weighted by atomic mass is 28.4. The number of likely N-dealkylation sites (N-methyl/N-ethyl adjacent to an activating group) is 2. The number of anilines is 4. The molecule has 16 aromatic rings. The standard InChI is InChI=1S/C33H35NOSi.C29H28FN3O2.C29H29N3O3.C24H20FN3/c1-6-27-17-19-28(20-18-27)29-21-23-30(24-22-29)34(5)25-26-35-36(33(2,3)4,31-13-9-7-10-14-31)32-15-11-8-12-16-32;1-29(2,3)35-28(34)33-26(20-24-6-5-18-31-27(24)33)14-9-21-7-10-22(11-8-21)23-12-15-25(16-13-23)32(4)19-17-30;1-29(2,3)35-28(34)32-26(20-24-6-5-17-30-27(24)32)14-9-21-7-10-22(11-8-21)23-12-15-25(16-13-23)31(4)18-19-33;1-28(16-14-25)23-12-9-20(10-13-23)19-7-4-18(5-8-19)6-11-22-17-21-3-2-15-26-24(21)27-22/h1,7-24H,25-26H2,2-5H3;5-8,10-13,15-16,18,20H,17,19H2,1-4H3;5-8,10-13,15-17,20,33H,18-19H2,1-4H3;2-5,7-10,12-13,15,17H,14,16H2,1H3,(H,26,27). The van der Waals surface area contributed by atoms with Crippen LogP contribution in [0.2, 0.25) is 5.04 Å². The summed E-state index contributed by atoms with van der Waals surface area (Å²) in [5.74, 6) is 21.6. The van der Waals surface area contributed by atoms with Crippen LogP contribution in [0.3, 0.4) is 0 Å². The summed E-state index contributed by atoms with van der Waals surface area (Å²) in [6, 6.07) is 104. The van der Waals surface area contributed by atoms with Gasteiger partial charge in [0.2, 0.25) is 0 Å². The quantitative estimate of drug-likeness (QED) is 0.0549. The normalized spacial score (nSPS) is 11.1. The number of H-pyrrole nitrogens is 1. The molecule has 16 rings (SSSR count). The number of ether oxygens (including phenoxy) is 2. The van der Waals surface area contributed by atoms with Crippen LogP contribution in [0.4, 0.5) is 41.1 Å². The Labute approximate surface area is 787 Å². The van der Waals surface area contributed by atoms with Gasteiger partial charge >= 0.3 is 12.2 Å². The number of fused-ring (bicyclic) bond motifs is 3. The van der Waals surface area contributed by atoms with Crippen molar-refractivity contribution in [2.24, 2.45) is 0 Å². The van der Waals surface area contributed by atoms with Gasteiger partial charge in [0.15, 0.2) is 11.3 Å². The maximum atomic E-state index is 12.9. The Morgan fingerprint density at radius 1 is 0.388 bits per heavy atom. The molecule has 0 aliphatic carbocycles. The topological polar surface area (TPSA) is 159 Å². The maximum Gasteiger partial charge on any atom is 0.421 e. The zero-order chi connectivity index (χ0) is 94.9. The number of carbonyl (C=O) groups is 2. The molecule has 0 unspecified atom stereocenters. The summed E-state index contributed by atoms with van der Waals surface area (Å²) in [6.45, 7) is 20.1. The number of aromatic nitrogens is 6. The number of hydrogen-bond acceptors (Lipinski definition) is 13. The number of halogens is 2. The third kappa shape index (κ3) is 25.0. The summed E-state index contributed by atoms with van der Waals surface area (Å²) in [5, 5.41) is 14.4. The Kier molecular flexibility index (Phi) is 32.0. The number of carbonyl (C=O) groups excluding carboxylic acids is 2. The second-order valence-corrected chi connectivity index (χ2v) is 39.6. The van der Waals surface area contributed by atoms with Crippen molar-refractivity contribution in [1.82, 2.24) is 29.1 Å². The van der Waals surface area contributed by atoms with Crippen LogP contribution in [0.5, 0.6) is 0 Å². The summed E-state index contributed by atoms with van der Waals surface area (Å²) in [6.07, 6.45) is 9.53. The largest absolute Gasteiger partial charge is 0.443 e. The van der Waals surface area contributed by atoms with Crippen LogP contribution in [0.15, 0.2) is 328 Å². The maximum absolute atomic E-state index is 12.9. The van der Waals surface area contributed by atoms with Gasteiger partial charge in [-0.2, -0.15) is 0 Å². The SMILES string of the molecule is C#Cc1ccc(-c2ccc(N(C)CCO[Si](c3ccccc3)(c3ccccc3)C(C)(C)C)cc2)cc1.CN(CCF)c1ccc(-c2ccc(C#Cc3cc4cccnc4[nH]3)cc2)cc1.CN(CCF)c1ccc(-c2ccc(C#Cc3cc4cccnc4n3C(=O)OC(C)(C)C)cc2)cc1.CN(CCO)c1ccc(-c2ccc(C#Cc3cc4cccnc4n3C(=O)OC(C)(C)C)cc2)cc1. The van der Waals surface area contributed by atoms with Gasteiger partial charge in [0.25, 0.3) is 8.32 Å². The van der Waals surface area contributed by atoms with E-state index in [1.165, 1.54) is 36.3 Å². The molecule has 0 spiro atoms. The average Bonchev–Trinajstić information content (AvgIpc) is 1.02. The lowest BCUT2D eigenvalue weighted by Crippen LogP contribution is -2.67. The molecule has 0 atom stereocenters. The van der Waals surface area contributed by atoms with E-state index in [9.17, 15) is 18.4 Å². The molecule has 10 aromatic carbocycles. The number of nitrogens with zero attached hydrogens (tertiary/aromatic N) is 9. The summed E-state index contributed by atoms with van der Waals surface area (Å²) in [4.78, 5) is 50.0. The number of nitrogens with one attached hydrogen (secondary N) is 1. The van der Waals surface area contributed by atoms with Crippen LogP contribution in [0.1, 0.15) is 102 Å². The number of terminal acetylenes is 1. The van der Waals surface area contributed by atoms with E-state index in [4.69, 9.17) is 25.4 Å². The lowest BCUT2D eigenvalue weighted by Gasteiger charge is -2.43. The summed E-state index contributed by atoms with van der Waals surface area (Å²) in [5.41, 5.74) is 19.1. The molecular weight excluding hydrogens is 1680 g/mol. The zero-order valence-corrected chi connectivity index (χ0v) is 79.2. The van der Waals surface area contributed by atoms with E-state index in [0.29, 0.717) is 48.9 Å². The van der Waals surface area contributed by atoms with Crippen molar-refractivity contribution >= 4 is 86.7 Å². The van der Waals surface area contributed by atoms with Gasteiger partial charge in [0, 0.05) is 134 Å². The first kappa shape index (κ1) is 96.2. The predicted octanol–water partition coefficient (Wildman–Crippen LogP) is 23.0. The Morgan fingerprint density at radius 2 is 0.709 bits per heavy atom. The minimum absolute atomic E-state index is 0.0229. The number of rotatable bonds is 20. The molecule has 0 saturated carbocycles. The molecular formula is C115H112F2N10O6Si. The van der Waals surface area contributed by atoms with Crippen LogP contribution in [0, 0.1) is 47.9 Å². The predicted molar refractivity (Wildman–Crippen MR) is 548 cm³/mol. The molecule has 19 heteroatoms. The van der Waals surface area contributed by atoms with Gasteiger partial charge in [0.05, 0.1) is 18.9 Å². The Balaban J connectivity index is 0.000000152. The van der Waals surface area contributed by atoms with Crippen LogP contribution < -0.4 is 30.0 Å². The molecule has 6 aromatic heterocycles. The van der Waals surface area contributed by atoms with Crippen molar-refractivity contribution in [3.05, 3.63) is 367 Å². The molecule has 134 heavy (non-hydrogen) atoms. The molecule has 0 bridgehead atoms. The number of hydrogen-bond donors (Lipinski definition) is 2. The monoisotopic (exact) mass is 1790 g/mol. The summed E-state index contributed by atoms with van der Waals surface area (Å²) >= 11 is 0. The highest BCUT2D eigenvalue weighted by Gasteiger charge is 2.50. The molecule has 0 aliphatic rings. The van der Waals surface area contributed by atoms with Gasteiger partial charge in [-0.25, -0.2) is 42.5 Å². The van der Waals surface area contributed by atoms with E-state index in [-0.39, 0.29) is 25.0 Å². The summed E-state index contributed by atoms with van der Waals surface area (Å²) in [7, 11) is 5.34. The Bertz CT molecular complexity index is 6580. The third-order valence-corrected chi connectivity index (χ3v) is 27.4. The molecule has 0 aliphatic heterocycles. The lowest BCUT2D eigenvalue weighted by atomic mass is 10.0. The fraction of sp³-hybridized carbons (Fsp3) is 0.209. The number of aliphatic hydroxyl groups excluding tert-OH is 1. The van der Waals surface area contributed by atoms with Gasteiger partial charge in [-0.05, 0) is 271 Å². The molecule has 676 valence electrons. The molecule has 2 N–H and O–H groups in total. The van der Waals surface area contributed by atoms with Gasteiger partial charge in [0.1, 0.15) is 41.6 Å². The van der Waals surface area contributed by atoms with Crippen LogP contribution in [0.25, 0.3) is 77.6 Å². The molecule has 0 amide bonds. The first-order valence-corrected chi connectivity index (χ1v) is 46.5. The van der Waals surface area contributed by atoms with Gasteiger partial charge in [-0.1, -0.05) is 202 Å². The fourth-order valence-corrected chi connectivity index (χ4v) is 19.9. The van der Waals surface area contributed by atoms with E-state index >= 15 is 0 Å². The smallest absolute Gasteiger partial charge is 0.421 e. The van der Waals surface area contributed by atoms with Gasteiger partial charge in [-0.15, -0.1) is 6.42 Å². The molecule has 0 saturated heterocycles. The van der Waals surface area contributed by atoms with Crippen molar-refractivity contribution in [2.75, 3.05) is 101 Å². The van der Waals surface area contributed by atoms with E-state index in [1.807, 2.05) is 253 Å². The van der Waals surface area contributed by atoms with Crippen LogP contribution >= 0.6 is 0 Å². The van der Waals surface area contributed by atoms with E-state index in [0.717, 1.165) is 107 Å². The molecule has 0 fully saturated rings. The first-order chi connectivity index (χ1) is 64.6. The van der Waals surface area contributed by atoms with E-state index in [1.54, 1.807) is 18.6 Å². The fourth-order valence-electron chi connectivity index (χ4n) is 15.3. The first-order valence-electron chi connectivity index (χ1n) is 44.6. The lowest BCUT2D eigenvalue weighted by molar-refractivity contribution is 0.0531. The number of aromatic amines is 1. The second kappa shape index (κ2) is 44.5. The number of pyridine rings is 3. The van der Waals surface area contributed by atoms with Crippen LogP contribution in [-0.4, -0.2) is 147 Å². The molecule has 0 radical (unpaired) electrons. The second-order valence-electron chi connectivity index (χ2n) is 35.3. The van der Waals surface area contributed by atoms with Crippen LogP contribution in [-0.2, 0) is 13.9 Å². The van der Waals surface area contributed by atoms with Crippen molar-refractivity contribution in [2.45, 2.75) is 78.6 Å². The number of benzene rings is 10. The summed E-state index contributed by atoms with van der Waals surface area (Å²) < 4.78 is 46.1. The number of aliphatic hydroxyl groups is 1. The molecule has 16 nitrogen and oxygen atoms in total. The zero-order valence-electron chi connectivity index (χ0n) is 78.2. The highest BCUT2D eigenvalue weighted by molar-refractivity contribution is 6.99. The third-order valence-electron chi connectivity index (χ3n) is 22.4. The van der Waals surface area contributed by atoms with Gasteiger partial charge in [-0.3, -0.25) is 0 Å². The van der Waals surface area contributed by atoms with E-state index in [2.05, 4.69) is 228 Å². The van der Waals surface area contributed by atoms with Gasteiger partial charge < -0.3 is 43.6 Å². The average molecular weight is 1800 g/mol. The number of alkyl halides is 2. The van der Waals surface area contributed by atoms with E-state index < -0.39 is 31.7 Å². The van der Waals surface area contributed by atoms with Crippen molar-refractivity contribution in [3.8, 4) is 92.4 Å². The molecule has 6 heterocycles. The van der Waals surface area contributed by atoms with Crippen molar-refractivity contribution in [1.29, 1.82) is 0 Å².